The van der Waals surface area contributed by atoms with E-state index >= 15 is 0 Å². The van der Waals surface area contributed by atoms with Gasteiger partial charge < -0.3 is 5.32 Å². The van der Waals surface area contributed by atoms with Gasteiger partial charge in [-0.25, -0.2) is 13.6 Å². The van der Waals surface area contributed by atoms with Crippen molar-refractivity contribution in [3.8, 4) is 0 Å². The van der Waals surface area contributed by atoms with Gasteiger partial charge in [-0.15, -0.1) is 0 Å². The summed E-state index contributed by atoms with van der Waals surface area (Å²) in [6, 6.07) is 12.9. The minimum absolute atomic E-state index is 0.0191. The molecule has 3 N–H and O–H groups in total. The van der Waals surface area contributed by atoms with Gasteiger partial charge in [-0.3, -0.25) is 4.79 Å². The number of amides is 1. The molecule has 0 bridgehead atoms. The molecular formula is C18H22N2O3S. The lowest BCUT2D eigenvalue weighted by Crippen LogP contribution is -2.28. The molecule has 0 aromatic heterocycles. The van der Waals surface area contributed by atoms with Gasteiger partial charge in [-0.1, -0.05) is 43.3 Å². The molecule has 0 aliphatic carbocycles. The number of carbonyl (C=O) groups is 1. The minimum Gasteiger partial charge on any atom is -0.351 e. The Morgan fingerprint density at radius 1 is 1.12 bits per heavy atom. The largest absolute Gasteiger partial charge is 0.351 e. The van der Waals surface area contributed by atoms with E-state index in [1.807, 2.05) is 37.3 Å². The third-order valence-corrected chi connectivity index (χ3v) is 5.06. The van der Waals surface area contributed by atoms with Crippen LogP contribution in [0, 0.1) is 13.8 Å². The van der Waals surface area contributed by atoms with Crippen molar-refractivity contribution in [3.63, 3.8) is 0 Å². The average molecular weight is 346 g/mol. The zero-order valence-corrected chi connectivity index (χ0v) is 14.9. The first-order valence-corrected chi connectivity index (χ1v) is 9.22. The second-order valence-electron chi connectivity index (χ2n) is 6.00. The van der Waals surface area contributed by atoms with Crippen LogP contribution < -0.4 is 10.5 Å². The fraction of sp³-hybridized carbons (Fsp3) is 0.278. The van der Waals surface area contributed by atoms with Crippen LogP contribution in [0.5, 0.6) is 0 Å². The van der Waals surface area contributed by atoms with Gasteiger partial charge in [0.2, 0.25) is 10.0 Å². The zero-order valence-electron chi connectivity index (χ0n) is 14.0. The molecule has 1 atom stereocenters. The summed E-state index contributed by atoms with van der Waals surface area (Å²) in [6.07, 6.45) is 0. The maximum Gasteiger partial charge on any atom is 0.251 e. The average Bonchev–Trinajstić information content (AvgIpc) is 2.52. The first-order valence-electron chi connectivity index (χ1n) is 7.67. The lowest BCUT2D eigenvalue weighted by molar-refractivity contribution is 0.0951. The molecule has 6 heteroatoms. The van der Waals surface area contributed by atoms with Gasteiger partial charge in [0, 0.05) is 12.1 Å². The Morgan fingerprint density at radius 3 is 2.33 bits per heavy atom. The van der Waals surface area contributed by atoms with Gasteiger partial charge in [0.1, 0.15) is 0 Å². The van der Waals surface area contributed by atoms with Crippen LogP contribution >= 0.6 is 0 Å². The first kappa shape index (κ1) is 18.2. The standard InChI is InChI=1S/C18H22N2O3S/c1-12-9-13(2)17(24(19,22)23)10-16(12)18(21)20-11-14(3)15-7-5-4-6-8-15/h4-10,14H,11H2,1-3H3,(H,20,21)(H2,19,22,23)/t14-/m0/s1. The summed E-state index contributed by atoms with van der Waals surface area (Å²) >= 11 is 0. The molecule has 5 nitrogen and oxygen atoms in total. The number of rotatable bonds is 5. The van der Waals surface area contributed by atoms with E-state index in [1.165, 1.54) is 6.07 Å². The SMILES string of the molecule is Cc1cc(C)c(S(N)(=O)=O)cc1C(=O)NC[C@H](C)c1ccccc1. The molecule has 2 rings (SSSR count). The van der Waals surface area contributed by atoms with E-state index in [-0.39, 0.29) is 16.7 Å². The fourth-order valence-electron chi connectivity index (χ4n) is 2.62. The molecule has 0 aliphatic rings. The van der Waals surface area contributed by atoms with E-state index in [0.29, 0.717) is 23.2 Å². The summed E-state index contributed by atoms with van der Waals surface area (Å²) in [5, 5.41) is 8.08. The molecular weight excluding hydrogens is 324 g/mol. The predicted molar refractivity (Wildman–Crippen MR) is 94.5 cm³/mol. The lowest BCUT2D eigenvalue weighted by Gasteiger charge is -2.15. The second-order valence-corrected chi connectivity index (χ2v) is 7.53. The highest BCUT2D eigenvalue weighted by Gasteiger charge is 2.18. The highest BCUT2D eigenvalue weighted by atomic mass is 32.2. The Bertz CT molecular complexity index is 846. The van der Waals surface area contributed by atoms with E-state index in [4.69, 9.17) is 5.14 Å². The number of nitrogens with one attached hydrogen (secondary N) is 1. The summed E-state index contributed by atoms with van der Waals surface area (Å²) in [7, 11) is -3.86. The van der Waals surface area contributed by atoms with Crippen LogP contribution in [0.25, 0.3) is 0 Å². The van der Waals surface area contributed by atoms with Gasteiger partial charge in [-0.2, -0.15) is 0 Å². The number of sulfonamides is 1. The summed E-state index contributed by atoms with van der Waals surface area (Å²) in [4.78, 5) is 12.4. The van der Waals surface area contributed by atoms with Crippen LogP contribution in [0.15, 0.2) is 47.4 Å². The Morgan fingerprint density at radius 2 is 1.75 bits per heavy atom. The van der Waals surface area contributed by atoms with Crippen molar-refractivity contribution in [3.05, 3.63) is 64.7 Å². The quantitative estimate of drug-likeness (QED) is 0.871. The van der Waals surface area contributed by atoms with Crippen molar-refractivity contribution in [1.82, 2.24) is 5.32 Å². The van der Waals surface area contributed by atoms with Crippen molar-refractivity contribution in [1.29, 1.82) is 0 Å². The molecule has 2 aromatic carbocycles. The number of benzene rings is 2. The molecule has 0 saturated carbocycles. The normalized spacial score (nSPS) is 12.7. The summed E-state index contributed by atoms with van der Waals surface area (Å²) in [5.74, 6) is -0.154. The van der Waals surface area contributed by atoms with Crippen LogP contribution in [0.4, 0.5) is 0 Å². The van der Waals surface area contributed by atoms with E-state index < -0.39 is 10.0 Å². The highest BCUT2D eigenvalue weighted by molar-refractivity contribution is 7.89. The van der Waals surface area contributed by atoms with Crippen molar-refractivity contribution in [2.75, 3.05) is 6.54 Å². The first-order chi connectivity index (χ1) is 11.2. The molecule has 1 amide bonds. The summed E-state index contributed by atoms with van der Waals surface area (Å²) in [6.45, 7) is 5.91. The van der Waals surface area contributed by atoms with E-state index in [1.54, 1.807) is 19.9 Å². The third-order valence-electron chi connectivity index (χ3n) is 4.01. The number of hydrogen-bond donors (Lipinski definition) is 2. The minimum atomic E-state index is -3.86. The Kier molecular flexibility index (Phi) is 5.41. The number of nitrogens with two attached hydrogens (primary N) is 1. The smallest absolute Gasteiger partial charge is 0.251 e. The van der Waals surface area contributed by atoms with Crippen molar-refractivity contribution in [2.24, 2.45) is 5.14 Å². The molecule has 0 unspecified atom stereocenters. The van der Waals surface area contributed by atoms with Gasteiger partial charge in [-0.05, 0) is 42.5 Å². The molecule has 0 aliphatic heterocycles. The van der Waals surface area contributed by atoms with Crippen LogP contribution in [-0.4, -0.2) is 20.9 Å². The maximum absolute atomic E-state index is 12.4. The predicted octanol–water partition coefficient (Wildman–Crippen LogP) is 2.48. The van der Waals surface area contributed by atoms with Crippen molar-refractivity contribution < 1.29 is 13.2 Å². The van der Waals surface area contributed by atoms with Crippen LogP contribution in [0.1, 0.15) is 39.9 Å². The molecule has 2 aromatic rings. The molecule has 0 heterocycles. The van der Waals surface area contributed by atoms with Gasteiger partial charge in [0.15, 0.2) is 0 Å². The fourth-order valence-corrected chi connectivity index (χ4v) is 3.41. The molecule has 0 radical (unpaired) electrons. The lowest BCUT2D eigenvalue weighted by atomic mass is 10.0. The highest BCUT2D eigenvalue weighted by Crippen LogP contribution is 2.20. The Balaban J connectivity index is 2.18. The van der Waals surface area contributed by atoms with E-state index in [0.717, 1.165) is 5.56 Å². The molecule has 24 heavy (non-hydrogen) atoms. The van der Waals surface area contributed by atoms with Crippen LogP contribution in [-0.2, 0) is 10.0 Å². The van der Waals surface area contributed by atoms with Crippen LogP contribution in [0.3, 0.4) is 0 Å². The number of hydrogen-bond acceptors (Lipinski definition) is 3. The molecule has 128 valence electrons. The molecule has 0 saturated heterocycles. The maximum atomic E-state index is 12.4. The van der Waals surface area contributed by atoms with Gasteiger partial charge in [0.25, 0.3) is 5.91 Å². The monoisotopic (exact) mass is 346 g/mol. The topological polar surface area (TPSA) is 89.3 Å². The number of aryl methyl sites for hydroxylation is 2. The van der Waals surface area contributed by atoms with E-state index in [9.17, 15) is 13.2 Å². The van der Waals surface area contributed by atoms with Crippen LogP contribution in [0.2, 0.25) is 0 Å². The zero-order chi connectivity index (χ0) is 17.9. The number of carbonyl (C=O) groups excluding carboxylic acids is 1. The Labute approximate surface area is 142 Å². The third kappa shape index (κ3) is 4.21. The van der Waals surface area contributed by atoms with Crippen molar-refractivity contribution >= 4 is 15.9 Å². The van der Waals surface area contributed by atoms with E-state index in [2.05, 4.69) is 5.32 Å². The second kappa shape index (κ2) is 7.15. The van der Waals surface area contributed by atoms with Crippen molar-refractivity contribution in [2.45, 2.75) is 31.6 Å². The summed E-state index contributed by atoms with van der Waals surface area (Å²) < 4.78 is 23.3. The summed E-state index contributed by atoms with van der Waals surface area (Å²) in [5.41, 5.74) is 2.70. The van der Waals surface area contributed by atoms with Gasteiger partial charge >= 0.3 is 0 Å². The Hall–Kier alpha value is -2.18. The van der Waals surface area contributed by atoms with Gasteiger partial charge in [0.05, 0.1) is 4.90 Å². The molecule has 0 spiro atoms. The number of primary sulfonamides is 1. The molecule has 0 fully saturated rings.